The number of para-hydroxylation sites is 5. The Morgan fingerprint density at radius 3 is 2.35 bits per heavy atom. The molecule has 5 nitrogen and oxygen atoms in total. The van der Waals surface area contributed by atoms with E-state index in [1.807, 2.05) is 60.7 Å². The van der Waals surface area contributed by atoms with Gasteiger partial charge in [-0.3, -0.25) is 0 Å². The molecule has 0 radical (unpaired) electrons. The van der Waals surface area contributed by atoms with E-state index in [-0.39, 0.29) is 6.10 Å². The number of imidazole rings is 1. The monoisotopic (exact) mass is 416 g/mol. The molecule has 160 valence electrons. The lowest BCUT2D eigenvalue weighted by Gasteiger charge is -2.19. The van der Waals surface area contributed by atoms with Gasteiger partial charge in [0.05, 0.1) is 24.8 Å². The molecule has 3 aromatic carbocycles. The molecule has 0 saturated heterocycles. The summed E-state index contributed by atoms with van der Waals surface area (Å²) in [6, 6.07) is 25.9. The minimum Gasteiger partial charge on any atom is -0.493 e. The highest BCUT2D eigenvalue weighted by atomic mass is 16.5. The number of aromatic nitrogens is 2. The summed E-state index contributed by atoms with van der Waals surface area (Å²) in [7, 11) is 1.66. The molecule has 0 aliphatic carbocycles. The first kappa shape index (κ1) is 20.8. The number of methoxy groups -OCH3 is 1. The fraction of sp³-hybridized carbons (Fsp3) is 0.269. The van der Waals surface area contributed by atoms with Crippen molar-refractivity contribution in [3.05, 3.63) is 84.7 Å². The molecule has 0 N–H and O–H groups in total. The van der Waals surface area contributed by atoms with E-state index in [4.69, 9.17) is 19.2 Å². The van der Waals surface area contributed by atoms with Crippen LogP contribution in [0.25, 0.3) is 11.0 Å². The van der Waals surface area contributed by atoms with Crippen LogP contribution in [0.4, 0.5) is 0 Å². The Morgan fingerprint density at radius 2 is 1.58 bits per heavy atom. The van der Waals surface area contributed by atoms with E-state index in [1.54, 1.807) is 7.11 Å². The van der Waals surface area contributed by atoms with Crippen LogP contribution in [0, 0.1) is 0 Å². The summed E-state index contributed by atoms with van der Waals surface area (Å²) in [5, 5.41) is 0. The third-order valence-corrected chi connectivity index (χ3v) is 5.22. The second kappa shape index (κ2) is 10.0. The molecular weight excluding hydrogens is 388 g/mol. The standard InChI is InChI=1S/C26H28N2O3/c1-3-23(31-20-12-5-4-6-13-20)26-27-21-14-7-8-15-22(21)28(26)18-11-19-30-25-17-10-9-16-24(25)29-2/h4-10,12-17,23H,3,11,18-19H2,1-2H3. The molecule has 0 bridgehead atoms. The number of aryl methyl sites for hydroxylation is 1. The number of benzene rings is 3. The zero-order chi connectivity index (χ0) is 21.5. The predicted molar refractivity (Wildman–Crippen MR) is 123 cm³/mol. The zero-order valence-electron chi connectivity index (χ0n) is 18.0. The van der Waals surface area contributed by atoms with Crippen LogP contribution in [-0.4, -0.2) is 23.3 Å². The number of hydrogen-bond donors (Lipinski definition) is 0. The van der Waals surface area contributed by atoms with Crippen LogP contribution in [-0.2, 0) is 6.54 Å². The van der Waals surface area contributed by atoms with Crippen molar-refractivity contribution >= 4 is 11.0 Å². The van der Waals surface area contributed by atoms with Gasteiger partial charge in [-0.1, -0.05) is 49.4 Å². The van der Waals surface area contributed by atoms with Crippen molar-refractivity contribution in [1.82, 2.24) is 9.55 Å². The lowest BCUT2D eigenvalue weighted by Crippen LogP contribution is -2.15. The maximum Gasteiger partial charge on any atom is 0.161 e. The summed E-state index contributed by atoms with van der Waals surface area (Å²) >= 11 is 0. The van der Waals surface area contributed by atoms with Gasteiger partial charge in [0.15, 0.2) is 23.4 Å². The van der Waals surface area contributed by atoms with Gasteiger partial charge in [-0.15, -0.1) is 0 Å². The molecule has 1 aromatic heterocycles. The lowest BCUT2D eigenvalue weighted by atomic mass is 10.2. The minimum absolute atomic E-state index is 0.120. The third-order valence-electron chi connectivity index (χ3n) is 5.22. The largest absolute Gasteiger partial charge is 0.493 e. The first-order chi connectivity index (χ1) is 15.3. The van der Waals surface area contributed by atoms with Crippen LogP contribution in [0.3, 0.4) is 0 Å². The molecule has 1 heterocycles. The molecule has 4 rings (SSSR count). The highest BCUT2D eigenvalue weighted by Gasteiger charge is 2.20. The predicted octanol–water partition coefficient (Wildman–Crippen LogP) is 6.04. The van der Waals surface area contributed by atoms with Gasteiger partial charge >= 0.3 is 0 Å². The summed E-state index contributed by atoms with van der Waals surface area (Å²) < 4.78 is 19.9. The second-order valence-corrected chi connectivity index (χ2v) is 7.29. The van der Waals surface area contributed by atoms with Crippen LogP contribution in [0.1, 0.15) is 31.7 Å². The first-order valence-corrected chi connectivity index (χ1v) is 10.7. The van der Waals surface area contributed by atoms with E-state index in [2.05, 4.69) is 29.7 Å². The molecule has 0 aliphatic rings. The highest BCUT2D eigenvalue weighted by molar-refractivity contribution is 5.76. The van der Waals surface area contributed by atoms with Crippen LogP contribution in [0.2, 0.25) is 0 Å². The van der Waals surface area contributed by atoms with Crippen molar-refractivity contribution in [2.45, 2.75) is 32.4 Å². The molecule has 4 aromatic rings. The maximum absolute atomic E-state index is 6.29. The van der Waals surface area contributed by atoms with Gasteiger partial charge < -0.3 is 18.8 Å². The Labute approximate surface area is 183 Å². The molecule has 1 atom stereocenters. The smallest absolute Gasteiger partial charge is 0.161 e. The minimum atomic E-state index is -0.120. The summed E-state index contributed by atoms with van der Waals surface area (Å²) in [6.45, 7) is 3.50. The van der Waals surface area contributed by atoms with E-state index in [1.165, 1.54) is 0 Å². The molecule has 0 spiro atoms. The number of rotatable bonds is 10. The van der Waals surface area contributed by atoms with Crippen molar-refractivity contribution in [3.63, 3.8) is 0 Å². The van der Waals surface area contributed by atoms with Crippen molar-refractivity contribution in [2.75, 3.05) is 13.7 Å². The number of hydrogen-bond acceptors (Lipinski definition) is 4. The molecule has 1 unspecified atom stereocenters. The van der Waals surface area contributed by atoms with Crippen LogP contribution in [0.5, 0.6) is 17.2 Å². The molecule has 0 saturated carbocycles. The maximum atomic E-state index is 6.29. The van der Waals surface area contributed by atoms with Gasteiger partial charge in [0.1, 0.15) is 5.75 Å². The second-order valence-electron chi connectivity index (χ2n) is 7.29. The molecule has 0 fully saturated rings. The Bertz CT molecular complexity index is 1110. The summed E-state index contributed by atoms with van der Waals surface area (Å²) in [5.41, 5.74) is 2.10. The molecule has 0 aliphatic heterocycles. The summed E-state index contributed by atoms with van der Waals surface area (Å²) in [6.07, 6.45) is 1.55. The van der Waals surface area contributed by atoms with Crippen molar-refractivity contribution in [1.29, 1.82) is 0 Å². The molecule has 5 heteroatoms. The SMILES string of the molecule is CCC(Oc1ccccc1)c1nc2ccccc2n1CCCOc1ccccc1OC. The van der Waals surface area contributed by atoms with Crippen LogP contribution < -0.4 is 14.2 Å². The van der Waals surface area contributed by atoms with E-state index in [0.29, 0.717) is 6.61 Å². The fourth-order valence-corrected chi connectivity index (χ4v) is 3.70. The van der Waals surface area contributed by atoms with E-state index in [9.17, 15) is 0 Å². The number of fused-ring (bicyclic) bond motifs is 1. The van der Waals surface area contributed by atoms with Gasteiger partial charge in [0.25, 0.3) is 0 Å². The first-order valence-electron chi connectivity index (χ1n) is 10.7. The molecule has 31 heavy (non-hydrogen) atoms. The van der Waals surface area contributed by atoms with Crippen molar-refractivity contribution in [2.24, 2.45) is 0 Å². The van der Waals surface area contributed by atoms with Crippen LogP contribution >= 0.6 is 0 Å². The Morgan fingerprint density at radius 1 is 0.871 bits per heavy atom. The zero-order valence-corrected chi connectivity index (χ0v) is 18.0. The quantitative estimate of drug-likeness (QED) is 0.296. The van der Waals surface area contributed by atoms with Crippen LogP contribution in [0.15, 0.2) is 78.9 Å². The van der Waals surface area contributed by atoms with Crippen molar-refractivity contribution < 1.29 is 14.2 Å². The van der Waals surface area contributed by atoms with E-state index < -0.39 is 0 Å². The fourth-order valence-electron chi connectivity index (χ4n) is 3.70. The Hall–Kier alpha value is -3.47. The highest BCUT2D eigenvalue weighted by Crippen LogP contribution is 2.29. The molecular formula is C26H28N2O3. The van der Waals surface area contributed by atoms with Gasteiger partial charge in [0, 0.05) is 6.54 Å². The number of ether oxygens (including phenoxy) is 3. The average Bonchev–Trinajstić information content (AvgIpc) is 3.19. The Balaban J connectivity index is 1.52. The average molecular weight is 417 g/mol. The van der Waals surface area contributed by atoms with Gasteiger partial charge in [0.2, 0.25) is 0 Å². The Kier molecular flexibility index (Phi) is 6.72. The third kappa shape index (κ3) is 4.82. The molecule has 0 amide bonds. The summed E-state index contributed by atoms with van der Waals surface area (Å²) in [5.74, 6) is 3.32. The van der Waals surface area contributed by atoms with Crippen molar-refractivity contribution in [3.8, 4) is 17.2 Å². The van der Waals surface area contributed by atoms with Gasteiger partial charge in [-0.05, 0) is 49.2 Å². The summed E-state index contributed by atoms with van der Waals surface area (Å²) in [4.78, 5) is 4.92. The topological polar surface area (TPSA) is 45.5 Å². The van der Waals surface area contributed by atoms with Gasteiger partial charge in [-0.25, -0.2) is 4.98 Å². The van der Waals surface area contributed by atoms with Gasteiger partial charge in [-0.2, -0.15) is 0 Å². The lowest BCUT2D eigenvalue weighted by molar-refractivity contribution is 0.185. The normalized spacial score (nSPS) is 11.9. The number of nitrogens with zero attached hydrogens (tertiary/aromatic N) is 2. The van der Waals surface area contributed by atoms with E-state index >= 15 is 0 Å². The van der Waals surface area contributed by atoms with E-state index in [0.717, 1.165) is 53.5 Å².